The molecule has 7 heteroatoms. The predicted octanol–water partition coefficient (Wildman–Crippen LogP) is 2.35. The quantitative estimate of drug-likeness (QED) is 0.713. The minimum atomic E-state index is -1.39. The summed E-state index contributed by atoms with van der Waals surface area (Å²) in [5.74, 6) is -0.340. The van der Waals surface area contributed by atoms with Gasteiger partial charge in [0.05, 0.1) is 11.4 Å². The van der Waals surface area contributed by atoms with Gasteiger partial charge >= 0.3 is 0 Å². The molecule has 0 spiro atoms. The second-order valence-corrected chi connectivity index (χ2v) is 7.25. The Labute approximate surface area is 169 Å². The highest BCUT2D eigenvalue weighted by Crippen LogP contribution is 2.35. The van der Waals surface area contributed by atoms with Gasteiger partial charge in [-0.25, -0.2) is 0 Å². The molecule has 3 aromatic rings. The van der Waals surface area contributed by atoms with Crippen LogP contribution < -0.4 is 5.32 Å². The minimum Gasteiger partial charge on any atom is -0.380 e. The molecule has 3 heterocycles. The van der Waals surface area contributed by atoms with Crippen molar-refractivity contribution in [3.05, 3.63) is 59.9 Å². The summed E-state index contributed by atoms with van der Waals surface area (Å²) in [4.78, 5) is 21.2. The van der Waals surface area contributed by atoms with Crippen molar-refractivity contribution < 1.29 is 9.90 Å². The van der Waals surface area contributed by atoms with Crippen LogP contribution in [0.2, 0.25) is 0 Å². The Balaban J connectivity index is 1.85. The van der Waals surface area contributed by atoms with Crippen molar-refractivity contribution in [1.82, 2.24) is 25.5 Å². The van der Waals surface area contributed by atoms with Crippen LogP contribution in [-0.4, -0.2) is 43.8 Å². The summed E-state index contributed by atoms with van der Waals surface area (Å²) in [5.41, 5.74) is 3.60. The molecule has 29 heavy (non-hydrogen) atoms. The lowest BCUT2D eigenvalue weighted by molar-refractivity contribution is -0.140. The molecule has 0 aromatic carbocycles. The largest absolute Gasteiger partial charge is 0.380 e. The fourth-order valence-electron chi connectivity index (χ4n) is 3.94. The van der Waals surface area contributed by atoms with Crippen molar-refractivity contribution in [3.8, 4) is 22.8 Å². The van der Waals surface area contributed by atoms with Gasteiger partial charge in [0.15, 0.2) is 0 Å². The van der Waals surface area contributed by atoms with E-state index in [2.05, 4.69) is 25.5 Å². The Morgan fingerprint density at radius 3 is 2.03 bits per heavy atom. The lowest BCUT2D eigenvalue weighted by Crippen LogP contribution is -2.46. The highest BCUT2D eigenvalue weighted by Gasteiger charge is 2.37. The zero-order chi connectivity index (χ0) is 20.3. The van der Waals surface area contributed by atoms with Crippen molar-refractivity contribution in [2.45, 2.75) is 37.7 Å². The third kappa shape index (κ3) is 3.73. The molecule has 0 bridgehead atoms. The van der Waals surface area contributed by atoms with Gasteiger partial charge in [0, 0.05) is 19.4 Å². The van der Waals surface area contributed by atoms with E-state index in [1.54, 1.807) is 19.4 Å². The van der Waals surface area contributed by atoms with Gasteiger partial charge in [-0.05, 0) is 67.5 Å². The van der Waals surface area contributed by atoms with Gasteiger partial charge in [0.2, 0.25) is 0 Å². The third-order valence-corrected chi connectivity index (χ3v) is 5.46. The van der Waals surface area contributed by atoms with Crippen LogP contribution >= 0.6 is 0 Å². The number of hydrogen-bond acceptors (Lipinski definition) is 6. The number of likely N-dealkylation sites (N-methyl/N-ethyl adjacent to an activating group) is 1. The van der Waals surface area contributed by atoms with Crippen molar-refractivity contribution in [3.63, 3.8) is 0 Å². The molecular formula is C22H23N5O2. The molecular weight excluding hydrogens is 366 g/mol. The van der Waals surface area contributed by atoms with E-state index in [-0.39, 0.29) is 5.91 Å². The number of carbonyl (C=O) groups excluding carboxylic acids is 1. The van der Waals surface area contributed by atoms with Crippen LogP contribution in [0.25, 0.3) is 22.8 Å². The lowest BCUT2D eigenvalue weighted by atomic mass is 9.82. The standard InChI is InChI=1S/C22H23N5O2/c1-23-21(28)22(29)11-6-7-15-16(10-12-22)20(18-9-3-5-14-25-18)27-26-19(15)17-8-2-4-13-24-17/h2-5,8-9,13-14,29H,6-7,10-12H2,1H3,(H,23,28)/t22-/m0/s1. The Morgan fingerprint density at radius 1 is 0.931 bits per heavy atom. The van der Waals surface area contributed by atoms with Gasteiger partial charge in [-0.2, -0.15) is 0 Å². The lowest BCUT2D eigenvalue weighted by Gasteiger charge is -2.29. The molecule has 0 radical (unpaired) electrons. The van der Waals surface area contributed by atoms with E-state index in [1.165, 1.54) is 0 Å². The van der Waals surface area contributed by atoms with Crippen molar-refractivity contribution in [1.29, 1.82) is 0 Å². The molecule has 1 atom stereocenters. The first-order valence-electron chi connectivity index (χ1n) is 9.78. The van der Waals surface area contributed by atoms with Crippen LogP contribution in [0.4, 0.5) is 0 Å². The maximum Gasteiger partial charge on any atom is 0.251 e. The van der Waals surface area contributed by atoms with Gasteiger partial charge in [0.25, 0.3) is 5.91 Å². The van der Waals surface area contributed by atoms with E-state index in [0.29, 0.717) is 37.8 Å². The average Bonchev–Trinajstić information content (AvgIpc) is 2.77. The second-order valence-electron chi connectivity index (χ2n) is 7.25. The Bertz CT molecular complexity index is 1010. The summed E-state index contributed by atoms with van der Waals surface area (Å²) in [6.07, 6.45) is 6.01. The third-order valence-electron chi connectivity index (χ3n) is 5.46. The number of carbonyl (C=O) groups is 1. The topological polar surface area (TPSA) is 101 Å². The van der Waals surface area contributed by atoms with Crippen LogP contribution in [0.1, 0.15) is 30.4 Å². The number of rotatable bonds is 3. The molecule has 1 aliphatic rings. The number of nitrogens with zero attached hydrogens (tertiary/aromatic N) is 4. The van der Waals surface area contributed by atoms with Crippen LogP contribution in [0, 0.1) is 0 Å². The first-order chi connectivity index (χ1) is 14.1. The van der Waals surface area contributed by atoms with Crippen molar-refractivity contribution >= 4 is 5.91 Å². The Hall–Kier alpha value is -3.19. The number of amides is 1. The van der Waals surface area contributed by atoms with Gasteiger partial charge in [-0.15, -0.1) is 10.2 Å². The summed E-state index contributed by atoms with van der Waals surface area (Å²) in [6, 6.07) is 11.4. The number of nitrogens with one attached hydrogen (secondary N) is 1. The van der Waals surface area contributed by atoms with E-state index in [9.17, 15) is 9.90 Å². The first-order valence-corrected chi connectivity index (χ1v) is 9.78. The molecule has 0 aliphatic heterocycles. The second kappa shape index (κ2) is 8.05. The molecule has 2 N–H and O–H groups in total. The molecule has 3 aromatic heterocycles. The average molecular weight is 389 g/mol. The molecule has 0 fully saturated rings. The Kier molecular flexibility index (Phi) is 5.31. The SMILES string of the molecule is CNC(=O)[C@]1(O)CCCc2c(-c3ccccn3)nnc(-c3ccccn3)c2CC1. The molecule has 0 saturated carbocycles. The highest BCUT2D eigenvalue weighted by molar-refractivity contribution is 5.84. The van der Waals surface area contributed by atoms with Crippen LogP contribution in [0.3, 0.4) is 0 Å². The molecule has 4 rings (SSSR count). The Morgan fingerprint density at radius 2 is 1.52 bits per heavy atom. The van der Waals surface area contributed by atoms with Gasteiger partial charge in [0.1, 0.15) is 17.0 Å². The molecule has 0 unspecified atom stereocenters. The number of aliphatic hydroxyl groups is 1. The maximum atomic E-state index is 12.3. The van der Waals surface area contributed by atoms with E-state index < -0.39 is 5.60 Å². The van der Waals surface area contributed by atoms with Gasteiger partial charge in [-0.3, -0.25) is 14.8 Å². The molecule has 148 valence electrons. The number of fused-ring (bicyclic) bond motifs is 1. The maximum absolute atomic E-state index is 12.3. The molecule has 1 amide bonds. The van der Waals surface area contributed by atoms with Crippen LogP contribution in [0.5, 0.6) is 0 Å². The zero-order valence-electron chi connectivity index (χ0n) is 16.3. The summed E-state index contributed by atoms with van der Waals surface area (Å²) in [5, 5.41) is 22.5. The number of hydrogen-bond donors (Lipinski definition) is 2. The van der Waals surface area contributed by atoms with E-state index in [1.807, 2.05) is 36.4 Å². The van der Waals surface area contributed by atoms with E-state index >= 15 is 0 Å². The molecule has 7 nitrogen and oxygen atoms in total. The highest BCUT2D eigenvalue weighted by atomic mass is 16.3. The fraction of sp³-hybridized carbons (Fsp3) is 0.318. The minimum absolute atomic E-state index is 0.312. The van der Waals surface area contributed by atoms with Crippen LogP contribution in [0.15, 0.2) is 48.8 Å². The van der Waals surface area contributed by atoms with E-state index in [0.717, 1.165) is 28.2 Å². The summed E-state index contributed by atoms with van der Waals surface area (Å²) in [7, 11) is 1.55. The molecule has 1 aliphatic carbocycles. The number of aromatic nitrogens is 4. The normalized spacial score (nSPS) is 19.0. The zero-order valence-corrected chi connectivity index (χ0v) is 16.3. The first kappa shape index (κ1) is 19.1. The number of pyridine rings is 2. The smallest absolute Gasteiger partial charge is 0.251 e. The summed E-state index contributed by atoms with van der Waals surface area (Å²) < 4.78 is 0. The summed E-state index contributed by atoms with van der Waals surface area (Å²) in [6.45, 7) is 0. The van der Waals surface area contributed by atoms with Crippen LogP contribution in [-0.2, 0) is 17.6 Å². The fourth-order valence-corrected chi connectivity index (χ4v) is 3.94. The predicted molar refractivity (Wildman–Crippen MR) is 109 cm³/mol. The van der Waals surface area contributed by atoms with Crippen molar-refractivity contribution in [2.24, 2.45) is 0 Å². The van der Waals surface area contributed by atoms with E-state index in [4.69, 9.17) is 0 Å². The van der Waals surface area contributed by atoms with Crippen molar-refractivity contribution in [2.75, 3.05) is 7.05 Å². The monoisotopic (exact) mass is 389 g/mol. The molecule has 0 saturated heterocycles. The van der Waals surface area contributed by atoms with Gasteiger partial charge < -0.3 is 10.4 Å². The summed E-state index contributed by atoms with van der Waals surface area (Å²) >= 11 is 0. The van der Waals surface area contributed by atoms with Gasteiger partial charge in [-0.1, -0.05) is 12.1 Å².